The lowest BCUT2D eigenvalue weighted by atomic mass is 10.1. The largest absolute Gasteiger partial charge is 0.493 e. The minimum Gasteiger partial charge on any atom is -0.493 e. The molecule has 1 aromatic heterocycles. The molecule has 0 aliphatic carbocycles. The van der Waals surface area contributed by atoms with E-state index in [1.165, 1.54) is 0 Å². The topological polar surface area (TPSA) is 95.5 Å². The molecule has 2 heterocycles. The smallest absolute Gasteiger partial charge is 0.254 e. The monoisotopic (exact) mass is 522 g/mol. The Kier molecular flexibility index (Phi) is 8.73. The van der Waals surface area contributed by atoms with Crippen LogP contribution in [0.5, 0.6) is 28.7 Å². The number of aromatic nitrogens is 2. The number of rotatable bonds is 10. The molecular formula is C28H34N4O6. The van der Waals surface area contributed by atoms with Crippen LogP contribution in [0.2, 0.25) is 0 Å². The lowest BCUT2D eigenvalue weighted by Gasteiger charge is -2.35. The van der Waals surface area contributed by atoms with Gasteiger partial charge in [0.15, 0.2) is 28.8 Å². The molecule has 1 fully saturated rings. The van der Waals surface area contributed by atoms with Gasteiger partial charge in [0.25, 0.3) is 5.91 Å². The third kappa shape index (κ3) is 5.69. The van der Waals surface area contributed by atoms with E-state index in [0.717, 1.165) is 11.4 Å². The first-order valence-electron chi connectivity index (χ1n) is 12.6. The summed E-state index contributed by atoms with van der Waals surface area (Å²) in [4.78, 5) is 17.1. The van der Waals surface area contributed by atoms with Crippen LogP contribution >= 0.6 is 0 Å². The second kappa shape index (κ2) is 12.4. The van der Waals surface area contributed by atoms with Crippen LogP contribution in [0.1, 0.15) is 24.2 Å². The van der Waals surface area contributed by atoms with Crippen LogP contribution < -0.4 is 28.6 Å². The first-order valence-corrected chi connectivity index (χ1v) is 12.6. The molecule has 2 aromatic carbocycles. The summed E-state index contributed by atoms with van der Waals surface area (Å²) < 4.78 is 27.6. The summed E-state index contributed by atoms with van der Waals surface area (Å²) in [5.74, 6) is 3.58. The predicted molar refractivity (Wildman–Crippen MR) is 144 cm³/mol. The lowest BCUT2D eigenvalue weighted by Crippen LogP contribution is -2.49. The highest BCUT2D eigenvalue weighted by molar-refractivity contribution is 5.95. The SMILES string of the molecule is CCOc1ccc(C(=O)N2CCN(c3ccc(-c4cc(OC)c(OC)c(OC)c4)nn3)CC2)cc1OCC. The summed E-state index contributed by atoms with van der Waals surface area (Å²) >= 11 is 0. The van der Waals surface area contributed by atoms with Crippen molar-refractivity contribution < 1.29 is 28.5 Å². The van der Waals surface area contributed by atoms with Crippen LogP contribution in [-0.2, 0) is 0 Å². The van der Waals surface area contributed by atoms with Crippen molar-refractivity contribution in [2.45, 2.75) is 13.8 Å². The molecule has 4 rings (SSSR count). The molecule has 1 saturated heterocycles. The highest BCUT2D eigenvalue weighted by Crippen LogP contribution is 2.40. The predicted octanol–water partition coefficient (Wildman–Crippen LogP) is 3.93. The van der Waals surface area contributed by atoms with Crippen molar-refractivity contribution in [3.63, 3.8) is 0 Å². The van der Waals surface area contributed by atoms with E-state index in [0.29, 0.717) is 79.4 Å². The summed E-state index contributed by atoms with van der Waals surface area (Å²) in [6.07, 6.45) is 0. The molecule has 0 spiro atoms. The summed E-state index contributed by atoms with van der Waals surface area (Å²) in [7, 11) is 4.72. The highest BCUT2D eigenvalue weighted by Gasteiger charge is 2.24. The fraction of sp³-hybridized carbons (Fsp3) is 0.393. The molecule has 10 nitrogen and oxygen atoms in total. The van der Waals surface area contributed by atoms with Crippen LogP contribution in [-0.4, -0.2) is 81.7 Å². The molecule has 0 atom stereocenters. The number of piperazine rings is 1. The fourth-order valence-electron chi connectivity index (χ4n) is 4.38. The Balaban J connectivity index is 1.42. The quantitative estimate of drug-likeness (QED) is 0.392. The number of carbonyl (C=O) groups excluding carboxylic acids is 1. The number of ether oxygens (including phenoxy) is 5. The summed E-state index contributed by atoms with van der Waals surface area (Å²) in [6.45, 7) is 7.30. The Morgan fingerprint density at radius 1 is 0.763 bits per heavy atom. The maximum Gasteiger partial charge on any atom is 0.254 e. The minimum absolute atomic E-state index is 0.0301. The Labute approximate surface area is 223 Å². The number of methoxy groups -OCH3 is 3. The summed E-state index contributed by atoms with van der Waals surface area (Å²) in [5.41, 5.74) is 2.07. The van der Waals surface area contributed by atoms with Gasteiger partial charge in [-0.1, -0.05) is 0 Å². The number of nitrogens with zero attached hydrogens (tertiary/aromatic N) is 4. The van der Waals surface area contributed by atoms with Gasteiger partial charge in [0.2, 0.25) is 5.75 Å². The van der Waals surface area contributed by atoms with Gasteiger partial charge in [0.1, 0.15) is 0 Å². The van der Waals surface area contributed by atoms with Crippen molar-refractivity contribution in [2.75, 3.05) is 65.6 Å². The van der Waals surface area contributed by atoms with Crippen molar-refractivity contribution in [2.24, 2.45) is 0 Å². The maximum atomic E-state index is 13.2. The van der Waals surface area contributed by atoms with E-state index in [4.69, 9.17) is 23.7 Å². The molecule has 0 radical (unpaired) electrons. The molecule has 1 amide bonds. The van der Waals surface area contributed by atoms with Crippen molar-refractivity contribution in [1.82, 2.24) is 15.1 Å². The van der Waals surface area contributed by atoms with Gasteiger partial charge in [-0.2, -0.15) is 0 Å². The fourth-order valence-corrected chi connectivity index (χ4v) is 4.38. The zero-order chi connectivity index (χ0) is 27.1. The van der Waals surface area contributed by atoms with Gasteiger partial charge >= 0.3 is 0 Å². The molecule has 202 valence electrons. The Bertz CT molecular complexity index is 1220. The lowest BCUT2D eigenvalue weighted by molar-refractivity contribution is 0.0746. The Morgan fingerprint density at radius 3 is 1.97 bits per heavy atom. The molecule has 0 N–H and O–H groups in total. The molecule has 1 aliphatic rings. The zero-order valence-corrected chi connectivity index (χ0v) is 22.5. The van der Waals surface area contributed by atoms with Crippen LogP contribution in [0.15, 0.2) is 42.5 Å². The number of carbonyl (C=O) groups is 1. The molecular weight excluding hydrogens is 488 g/mol. The molecule has 1 aliphatic heterocycles. The van der Waals surface area contributed by atoms with Crippen LogP contribution in [0.25, 0.3) is 11.3 Å². The number of hydrogen-bond donors (Lipinski definition) is 0. The van der Waals surface area contributed by atoms with E-state index in [9.17, 15) is 4.79 Å². The van der Waals surface area contributed by atoms with Crippen molar-refractivity contribution in [1.29, 1.82) is 0 Å². The standard InChI is InChI=1S/C28H34N4O6/c1-6-37-22-10-8-19(16-23(22)38-7-2)28(33)32-14-12-31(13-15-32)26-11-9-21(29-30-26)20-17-24(34-3)27(36-5)25(18-20)35-4/h8-11,16-18H,6-7,12-15H2,1-5H3. The van der Waals surface area contributed by atoms with Gasteiger partial charge in [-0.25, -0.2) is 0 Å². The third-order valence-electron chi connectivity index (χ3n) is 6.29. The Hall–Kier alpha value is -4.21. The van der Waals surface area contributed by atoms with E-state index >= 15 is 0 Å². The van der Waals surface area contributed by atoms with E-state index in [1.807, 2.05) is 43.0 Å². The van der Waals surface area contributed by atoms with E-state index in [1.54, 1.807) is 39.5 Å². The van der Waals surface area contributed by atoms with E-state index < -0.39 is 0 Å². The van der Waals surface area contributed by atoms with Gasteiger partial charge in [0, 0.05) is 37.3 Å². The first-order chi connectivity index (χ1) is 18.5. The van der Waals surface area contributed by atoms with Gasteiger partial charge in [-0.05, 0) is 56.3 Å². The molecule has 10 heteroatoms. The minimum atomic E-state index is -0.0301. The normalized spacial score (nSPS) is 13.2. The maximum absolute atomic E-state index is 13.2. The van der Waals surface area contributed by atoms with Crippen molar-refractivity contribution in [3.8, 4) is 40.0 Å². The van der Waals surface area contributed by atoms with Gasteiger partial charge < -0.3 is 33.5 Å². The Morgan fingerprint density at radius 2 is 1.42 bits per heavy atom. The number of hydrogen-bond acceptors (Lipinski definition) is 9. The summed E-state index contributed by atoms with van der Waals surface area (Å²) in [5, 5.41) is 8.88. The molecule has 0 saturated carbocycles. The summed E-state index contributed by atoms with van der Waals surface area (Å²) in [6, 6.07) is 12.9. The van der Waals surface area contributed by atoms with E-state index in [-0.39, 0.29) is 5.91 Å². The molecule has 0 bridgehead atoms. The van der Waals surface area contributed by atoms with Gasteiger partial charge in [-0.15, -0.1) is 10.2 Å². The molecule has 38 heavy (non-hydrogen) atoms. The number of anilines is 1. The van der Waals surface area contributed by atoms with Gasteiger partial charge in [-0.3, -0.25) is 4.79 Å². The number of benzene rings is 2. The van der Waals surface area contributed by atoms with Gasteiger partial charge in [0.05, 0.1) is 40.2 Å². The third-order valence-corrected chi connectivity index (χ3v) is 6.29. The molecule has 0 unspecified atom stereocenters. The highest BCUT2D eigenvalue weighted by atomic mass is 16.5. The van der Waals surface area contributed by atoms with Crippen LogP contribution in [0.3, 0.4) is 0 Å². The molecule has 3 aromatic rings. The zero-order valence-electron chi connectivity index (χ0n) is 22.5. The second-order valence-electron chi connectivity index (χ2n) is 8.50. The first kappa shape index (κ1) is 26.8. The van der Waals surface area contributed by atoms with Crippen molar-refractivity contribution >= 4 is 11.7 Å². The average Bonchev–Trinajstić information content (AvgIpc) is 2.97. The van der Waals surface area contributed by atoms with Crippen LogP contribution in [0, 0.1) is 0 Å². The number of amides is 1. The average molecular weight is 523 g/mol. The van der Waals surface area contributed by atoms with E-state index in [2.05, 4.69) is 15.1 Å². The second-order valence-corrected chi connectivity index (χ2v) is 8.50. The van der Waals surface area contributed by atoms with Crippen molar-refractivity contribution in [3.05, 3.63) is 48.0 Å². The van der Waals surface area contributed by atoms with Crippen LogP contribution in [0.4, 0.5) is 5.82 Å².